The molecule has 0 spiro atoms. The van der Waals surface area contributed by atoms with Gasteiger partial charge >= 0.3 is 6.03 Å². The second-order valence-corrected chi connectivity index (χ2v) is 5.52. The summed E-state index contributed by atoms with van der Waals surface area (Å²) in [5.74, 6) is -0.249. The Morgan fingerprint density at radius 1 is 1.35 bits per heavy atom. The number of carbonyl (C=O) groups is 2. The molecule has 1 fully saturated rings. The largest absolute Gasteiger partial charge is 0.358 e. The monoisotopic (exact) mass is 315 g/mol. The van der Waals surface area contributed by atoms with Crippen molar-refractivity contribution in [3.8, 4) is 6.07 Å². The Balaban J connectivity index is 2.21. The molecule has 1 heterocycles. The first-order valence-corrected chi connectivity index (χ1v) is 7.75. The molecule has 1 saturated heterocycles. The lowest BCUT2D eigenvalue weighted by molar-refractivity contribution is -0.142. The summed E-state index contributed by atoms with van der Waals surface area (Å²) >= 11 is 0. The number of amides is 3. The number of imide groups is 1. The number of benzene rings is 1. The first kappa shape index (κ1) is 17.0. The van der Waals surface area contributed by atoms with Crippen LogP contribution in [0.2, 0.25) is 0 Å². The Bertz CT molecular complexity index is 624. The third-order valence-electron chi connectivity index (χ3n) is 3.89. The Kier molecular flexibility index (Phi) is 5.72. The molecule has 1 aliphatic heterocycles. The van der Waals surface area contributed by atoms with Crippen LogP contribution in [0, 0.1) is 11.3 Å². The summed E-state index contributed by atoms with van der Waals surface area (Å²) in [4.78, 5) is 27.0. The van der Waals surface area contributed by atoms with Gasteiger partial charge in [0.05, 0.1) is 24.6 Å². The predicted molar refractivity (Wildman–Crippen MR) is 84.1 cm³/mol. The lowest BCUT2D eigenvalue weighted by Gasteiger charge is -2.38. The van der Waals surface area contributed by atoms with E-state index in [4.69, 9.17) is 4.74 Å². The lowest BCUT2D eigenvalue weighted by Crippen LogP contribution is -2.56. The van der Waals surface area contributed by atoms with Crippen LogP contribution in [0.3, 0.4) is 0 Å². The minimum atomic E-state index is -0.579. The van der Waals surface area contributed by atoms with Gasteiger partial charge in [-0.05, 0) is 18.1 Å². The molecule has 1 atom stereocenters. The minimum Gasteiger partial charge on any atom is -0.358 e. The molecule has 0 N–H and O–H groups in total. The molecule has 1 aromatic carbocycles. The first-order valence-electron chi connectivity index (χ1n) is 7.75. The summed E-state index contributed by atoms with van der Waals surface area (Å²) < 4.78 is 5.75. The number of carbonyl (C=O) groups excluding carboxylic acids is 2. The van der Waals surface area contributed by atoms with Gasteiger partial charge in [-0.25, -0.2) is 4.79 Å². The van der Waals surface area contributed by atoms with Crippen molar-refractivity contribution in [3.05, 3.63) is 35.4 Å². The molecular formula is C17H21N3O3. The van der Waals surface area contributed by atoms with Crippen molar-refractivity contribution in [1.82, 2.24) is 9.80 Å². The van der Waals surface area contributed by atoms with E-state index in [1.165, 1.54) is 11.9 Å². The van der Waals surface area contributed by atoms with Crippen molar-refractivity contribution >= 4 is 11.9 Å². The maximum atomic E-state index is 12.5. The predicted octanol–water partition coefficient (Wildman–Crippen LogP) is 2.49. The van der Waals surface area contributed by atoms with E-state index in [2.05, 4.69) is 13.0 Å². The molecule has 0 aromatic heterocycles. The van der Waals surface area contributed by atoms with E-state index in [-0.39, 0.29) is 18.9 Å². The van der Waals surface area contributed by atoms with E-state index in [0.717, 1.165) is 23.3 Å². The molecule has 1 aliphatic rings. The fraction of sp³-hybridized carbons (Fsp3) is 0.471. The Hall–Kier alpha value is -2.39. The normalized spacial score (nSPS) is 18.2. The van der Waals surface area contributed by atoms with Crippen LogP contribution in [0.1, 0.15) is 37.3 Å². The van der Waals surface area contributed by atoms with E-state index < -0.39 is 12.3 Å². The van der Waals surface area contributed by atoms with Crippen LogP contribution < -0.4 is 0 Å². The first-order chi connectivity index (χ1) is 11.1. The zero-order valence-corrected chi connectivity index (χ0v) is 13.5. The van der Waals surface area contributed by atoms with Gasteiger partial charge in [-0.2, -0.15) is 5.26 Å². The van der Waals surface area contributed by atoms with Crippen LogP contribution in [0.5, 0.6) is 0 Å². The molecule has 1 aromatic rings. The minimum absolute atomic E-state index is 0.140. The van der Waals surface area contributed by atoms with Gasteiger partial charge in [0.1, 0.15) is 6.23 Å². The average molecular weight is 315 g/mol. The van der Waals surface area contributed by atoms with Crippen molar-refractivity contribution in [3.63, 3.8) is 0 Å². The molecule has 23 heavy (non-hydrogen) atoms. The van der Waals surface area contributed by atoms with E-state index in [9.17, 15) is 14.9 Å². The molecule has 0 bridgehead atoms. The maximum absolute atomic E-state index is 12.5. The number of unbranched alkanes of at least 4 members (excludes halogenated alkanes) is 1. The zero-order chi connectivity index (χ0) is 16.8. The van der Waals surface area contributed by atoms with Crippen LogP contribution in [0.25, 0.3) is 0 Å². The Morgan fingerprint density at radius 2 is 2.09 bits per heavy atom. The van der Waals surface area contributed by atoms with Gasteiger partial charge in [0.2, 0.25) is 5.91 Å². The quantitative estimate of drug-likeness (QED) is 0.756. The van der Waals surface area contributed by atoms with Crippen molar-refractivity contribution in [2.75, 3.05) is 13.7 Å². The summed E-state index contributed by atoms with van der Waals surface area (Å²) in [5, 5.41) is 9.20. The van der Waals surface area contributed by atoms with Gasteiger partial charge in [-0.15, -0.1) is 0 Å². The second-order valence-electron chi connectivity index (χ2n) is 5.52. The summed E-state index contributed by atoms with van der Waals surface area (Å²) in [7, 11) is 1.47. The van der Waals surface area contributed by atoms with E-state index >= 15 is 0 Å². The SMILES string of the molecule is CCCCOC1CC(=O)N(C)C(=O)N1Cc1ccccc1C#N. The Morgan fingerprint density at radius 3 is 2.78 bits per heavy atom. The summed E-state index contributed by atoms with van der Waals surface area (Å²) in [6.45, 7) is 2.80. The van der Waals surface area contributed by atoms with Crippen LogP contribution in [0.15, 0.2) is 24.3 Å². The number of hydrogen-bond donors (Lipinski definition) is 0. The van der Waals surface area contributed by atoms with Crippen molar-refractivity contribution in [2.24, 2.45) is 0 Å². The van der Waals surface area contributed by atoms with E-state index in [1.807, 2.05) is 12.1 Å². The van der Waals surface area contributed by atoms with Crippen LogP contribution >= 0.6 is 0 Å². The smallest absolute Gasteiger partial charge is 0.328 e. The highest BCUT2D eigenvalue weighted by Crippen LogP contribution is 2.22. The average Bonchev–Trinajstić information content (AvgIpc) is 2.56. The van der Waals surface area contributed by atoms with Gasteiger partial charge in [-0.1, -0.05) is 31.5 Å². The molecule has 2 rings (SSSR count). The third kappa shape index (κ3) is 3.88. The fourth-order valence-electron chi connectivity index (χ4n) is 2.45. The molecule has 0 saturated carbocycles. The number of nitriles is 1. The highest BCUT2D eigenvalue weighted by atomic mass is 16.5. The van der Waals surface area contributed by atoms with Crippen LogP contribution in [-0.4, -0.2) is 41.6 Å². The maximum Gasteiger partial charge on any atom is 0.328 e. The topological polar surface area (TPSA) is 73.6 Å². The highest BCUT2D eigenvalue weighted by molar-refractivity contribution is 5.96. The van der Waals surface area contributed by atoms with Gasteiger partial charge in [0.15, 0.2) is 0 Å². The summed E-state index contributed by atoms with van der Waals surface area (Å²) in [6.07, 6.45) is 1.41. The van der Waals surface area contributed by atoms with Crippen molar-refractivity contribution < 1.29 is 14.3 Å². The van der Waals surface area contributed by atoms with Gasteiger partial charge < -0.3 is 4.74 Å². The van der Waals surface area contributed by atoms with Crippen molar-refractivity contribution in [2.45, 2.75) is 39.0 Å². The molecule has 0 radical (unpaired) electrons. The zero-order valence-electron chi connectivity index (χ0n) is 13.5. The van der Waals surface area contributed by atoms with Gasteiger partial charge in [-0.3, -0.25) is 14.6 Å². The summed E-state index contributed by atoms with van der Waals surface area (Å²) in [5.41, 5.74) is 1.27. The van der Waals surface area contributed by atoms with E-state index in [0.29, 0.717) is 12.2 Å². The van der Waals surface area contributed by atoms with E-state index in [1.54, 1.807) is 12.1 Å². The lowest BCUT2D eigenvalue weighted by atomic mass is 10.1. The van der Waals surface area contributed by atoms with Crippen molar-refractivity contribution in [1.29, 1.82) is 5.26 Å². The third-order valence-corrected chi connectivity index (χ3v) is 3.89. The van der Waals surface area contributed by atoms with Crippen LogP contribution in [0.4, 0.5) is 4.79 Å². The second kappa shape index (κ2) is 7.75. The number of nitrogens with zero attached hydrogens (tertiary/aromatic N) is 3. The molecular weight excluding hydrogens is 294 g/mol. The molecule has 6 heteroatoms. The molecule has 6 nitrogen and oxygen atoms in total. The molecule has 3 amide bonds. The molecule has 122 valence electrons. The number of rotatable bonds is 6. The van der Waals surface area contributed by atoms with Gasteiger partial charge in [0.25, 0.3) is 0 Å². The Labute approximate surface area is 136 Å². The van der Waals surface area contributed by atoms with Gasteiger partial charge in [0, 0.05) is 13.7 Å². The number of hydrogen-bond acceptors (Lipinski definition) is 4. The van der Waals surface area contributed by atoms with Crippen LogP contribution in [-0.2, 0) is 16.1 Å². The summed E-state index contributed by atoms with van der Waals surface area (Å²) in [6, 6.07) is 8.87. The standard InChI is InChI=1S/C17H21N3O3/c1-3-4-9-23-16-10-15(21)19(2)17(22)20(16)12-14-8-6-5-7-13(14)11-18/h5-8,16H,3-4,9-10,12H2,1-2H3. The number of urea groups is 1. The molecule has 0 aliphatic carbocycles. The fourth-order valence-corrected chi connectivity index (χ4v) is 2.45. The highest BCUT2D eigenvalue weighted by Gasteiger charge is 2.37. The number of ether oxygens (including phenoxy) is 1. The molecule has 1 unspecified atom stereocenters.